The molecule has 11 aromatic rings. The van der Waals surface area contributed by atoms with Crippen LogP contribution in [0.5, 0.6) is 0 Å². The van der Waals surface area contributed by atoms with Crippen LogP contribution < -0.4 is 9.80 Å². The van der Waals surface area contributed by atoms with E-state index in [0.29, 0.717) is 0 Å². The van der Waals surface area contributed by atoms with Crippen LogP contribution in [-0.4, -0.2) is 4.40 Å². The average Bonchev–Trinajstić information content (AvgIpc) is 3.96. The Hall–Kier alpha value is -7.30. The Balaban J connectivity index is 1.05. The number of hydrogen-bond acceptors (Lipinski definition) is 3. The zero-order valence-corrected chi connectivity index (χ0v) is 31.6. The van der Waals surface area contributed by atoms with Crippen molar-refractivity contribution in [3.8, 4) is 11.1 Å². The lowest BCUT2D eigenvalue weighted by molar-refractivity contribution is 0.606. The molecule has 3 aromatic heterocycles. The number of benzene rings is 8. The van der Waals surface area contributed by atoms with Crippen molar-refractivity contribution in [2.24, 2.45) is 0 Å². The summed E-state index contributed by atoms with van der Waals surface area (Å²) in [7, 11) is 0. The molecule has 0 amide bonds. The average molecular weight is 732 g/mol. The third-order valence-electron chi connectivity index (χ3n) is 12.2. The van der Waals surface area contributed by atoms with E-state index in [1.807, 2.05) is 0 Å². The van der Waals surface area contributed by atoms with E-state index < -0.39 is 0 Å². The van der Waals surface area contributed by atoms with Gasteiger partial charge in [0.2, 0.25) is 5.71 Å². The lowest BCUT2D eigenvalue weighted by Crippen LogP contribution is -2.17. The van der Waals surface area contributed by atoms with Crippen molar-refractivity contribution in [2.45, 2.75) is 19.3 Å². The van der Waals surface area contributed by atoms with Crippen molar-refractivity contribution in [1.29, 1.82) is 0 Å². The monoisotopic (exact) mass is 731 g/mol. The third kappa shape index (κ3) is 4.55. The maximum absolute atomic E-state index is 6.95. The molecule has 1 aliphatic carbocycles. The summed E-state index contributed by atoms with van der Waals surface area (Å²) in [5.41, 5.74) is 14.7. The van der Waals surface area contributed by atoms with Gasteiger partial charge in [-0.1, -0.05) is 111 Å². The second-order valence-electron chi connectivity index (χ2n) is 15.8. The lowest BCUT2D eigenvalue weighted by Gasteiger charge is -2.26. The fraction of sp³-hybridized carbons (Fsp3) is 0.0566. The molecule has 57 heavy (non-hydrogen) atoms. The molecule has 12 rings (SSSR count). The van der Waals surface area contributed by atoms with Crippen molar-refractivity contribution in [2.75, 3.05) is 9.80 Å². The minimum Gasteiger partial charge on any atom is -0.439 e. The molecule has 0 radical (unpaired) electrons. The highest BCUT2D eigenvalue weighted by Crippen LogP contribution is 2.56. The first-order valence-corrected chi connectivity index (χ1v) is 19.7. The zero-order valence-electron chi connectivity index (χ0n) is 31.6. The van der Waals surface area contributed by atoms with E-state index in [4.69, 9.17) is 4.42 Å². The molecule has 0 unspecified atom stereocenters. The number of rotatable bonds is 6. The summed E-state index contributed by atoms with van der Waals surface area (Å²) in [6, 6.07) is 67.6. The number of fused-ring (bicyclic) bond motifs is 11. The van der Waals surface area contributed by atoms with Gasteiger partial charge < -0.3 is 14.2 Å². The number of para-hydroxylation sites is 5. The zero-order chi connectivity index (χ0) is 37.8. The van der Waals surface area contributed by atoms with Gasteiger partial charge in [0.25, 0.3) is 0 Å². The molecule has 0 N–H and O–H groups in total. The topological polar surface area (TPSA) is 24.0 Å². The molecule has 0 aliphatic heterocycles. The molecular weight excluding hydrogens is 695 g/mol. The molecule has 4 nitrogen and oxygen atoms in total. The number of anilines is 6. The number of nitrogens with zero attached hydrogens (tertiary/aromatic N) is 3. The van der Waals surface area contributed by atoms with Gasteiger partial charge in [-0.15, -0.1) is 0 Å². The second-order valence-corrected chi connectivity index (χ2v) is 15.8. The van der Waals surface area contributed by atoms with Crippen molar-refractivity contribution in [3.05, 3.63) is 199 Å². The molecule has 0 bridgehead atoms. The van der Waals surface area contributed by atoms with E-state index in [2.05, 4.69) is 216 Å². The predicted molar refractivity (Wildman–Crippen MR) is 238 cm³/mol. The van der Waals surface area contributed by atoms with Crippen molar-refractivity contribution in [3.63, 3.8) is 0 Å². The first kappa shape index (κ1) is 32.0. The first-order valence-electron chi connectivity index (χ1n) is 19.7. The molecule has 0 saturated carbocycles. The van der Waals surface area contributed by atoms with Crippen LogP contribution in [0, 0.1) is 0 Å². The molecule has 0 atom stereocenters. The van der Waals surface area contributed by atoms with Crippen LogP contribution in [0.4, 0.5) is 34.1 Å². The van der Waals surface area contributed by atoms with Crippen LogP contribution in [0.1, 0.15) is 25.1 Å². The van der Waals surface area contributed by atoms with Gasteiger partial charge in [0, 0.05) is 67.0 Å². The summed E-state index contributed by atoms with van der Waals surface area (Å²) >= 11 is 0. The standard InChI is InChI=1S/C53H37N3O/c1-53(2)46-32-35-30-40(54(36-16-7-3-8-17-36)37-18-9-4-10-19-37)27-26-34(35)31-44(46)48-42-24-15-25-43-49-45-33-41(28-29-47(45)57-52(49)56(50(42)43)51(48)53)55(38-20-11-5-12-21-38)39-22-13-6-14-23-39/h3-33H,1-2H3. The Bertz CT molecular complexity index is 3230. The summed E-state index contributed by atoms with van der Waals surface area (Å²) in [5.74, 6) is 0. The maximum atomic E-state index is 6.95. The summed E-state index contributed by atoms with van der Waals surface area (Å²) in [6.07, 6.45) is 0. The van der Waals surface area contributed by atoms with Gasteiger partial charge in [0.05, 0.1) is 10.9 Å². The molecule has 1 aliphatic rings. The Labute approximate surface area is 330 Å². The molecule has 3 heterocycles. The van der Waals surface area contributed by atoms with Crippen molar-refractivity contribution in [1.82, 2.24) is 4.40 Å². The molecule has 270 valence electrons. The smallest absolute Gasteiger partial charge is 0.213 e. The predicted octanol–water partition coefficient (Wildman–Crippen LogP) is 14.8. The first-order chi connectivity index (χ1) is 28.0. The molecule has 0 fully saturated rings. The summed E-state index contributed by atoms with van der Waals surface area (Å²) in [4.78, 5) is 4.66. The fourth-order valence-electron chi connectivity index (χ4n) is 9.71. The Kier molecular flexibility index (Phi) is 6.65. The number of furan rings is 1. The largest absolute Gasteiger partial charge is 0.439 e. The van der Waals surface area contributed by atoms with Gasteiger partial charge in [0.1, 0.15) is 5.58 Å². The van der Waals surface area contributed by atoms with Crippen LogP contribution in [0.25, 0.3) is 60.3 Å². The van der Waals surface area contributed by atoms with E-state index in [9.17, 15) is 0 Å². The third-order valence-corrected chi connectivity index (χ3v) is 12.2. The lowest BCUT2D eigenvalue weighted by atomic mass is 9.84. The van der Waals surface area contributed by atoms with Gasteiger partial charge in [0.15, 0.2) is 0 Å². The Morgan fingerprint density at radius 3 is 1.60 bits per heavy atom. The summed E-state index contributed by atoms with van der Waals surface area (Å²) in [6.45, 7) is 4.76. The second kappa shape index (κ2) is 11.8. The molecule has 8 aromatic carbocycles. The van der Waals surface area contributed by atoms with Crippen molar-refractivity contribution >= 4 is 83.3 Å². The molecule has 0 spiro atoms. The van der Waals surface area contributed by atoms with Crippen molar-refractivity contribution < 1.29 is 4.42 Å². The van der Waals surface area contributed by atoms with Crippen LogP contribution in [-0.2, 0) is 5.41 Å². The van der Waals surface area contributed by atoms with E-state index >= 15 is 0 Å². The van der Waals surface area contributed by atoms with Gasteiger partial charge in [-0.2, -0.15) is 0 Å². The van der Waals surface area contributed by atoms with Gasteiger partial charge in [-0.3, -0.25) is 4.40 Å². The highest BCUT2D eigenvalue weighted by molar-refractivity contribution is 6.26. The van der Waals surface area contributed by atoms with Crippen LogP contribution >= 0.6 is 0 Å². The van der Waals surface area contributed by atoms with Gasteiger partial charge >= 0.3 is 0 Å². The normalized spacial score (nSPS) is 13.2. The molecule has 0 saturated heterocycles. The molecular formula is C53H37N3O. The maximum Gasteiger partial charge on any atom is 0.213 e. The van der Waals surface area contributed by atoms with E-state index in [1.165, 1.54) is 54.8 Å². The van der Waals surface area contributed by atoms with Gasteiger partial charge in [-0.25, -0.2) is 0 Å². The summed E-state index contributed by atoms with van der Waals surface area (Å²) in [5, 5.41) is 7.25. The number of aromatic nitrogens is 1. The van der Waals surface area contributed by atoms with E-state index in [1.54, 1.807) is 0 Å². The highest BCUT2D eigenvalue weighted by Gasteiger charge is 2.42. The van der Waals surface area contributed by atoms with Crippen LogP contribution in [0.3, 0.4) is 0 Å². The summed E-state index contributed by atoms with van der Waals surface area (Å²) < 4.78 is 9.40. The molecule has 4 heteroatoms. The van der Waals surface area contributed by atoms with E-state index in [-0.39, 0.29) is 5.41 Å². The highest BCUT2D eigenvalue weighted by atomic mass is 16.3. The minimum absolute atomic E-state index is 0.285. The fourth-order valence-corrected chi connectivity index (χ4v) is 9.71. The van der Waals surface area contributed by atoms with Crippen LogP contribution in [0.2, 0.25) is 0 Å². The minimum atomic E-state index is -0.285. The van der Waals surface area contributed by atoms with Gasteiger partial charge in [-0.05, 0) is 113 Å². The SMILES string of the molecule is CC1(C)c2cc3cc(N(c4ccccc4)c4ccccc4)ccc3cc2-c2c1n1c3oc4ccc(N(c5ccccc5)c5ccccc5)cc4c3c3cccc2c31. The Morgan fingerprint density at radius 1 is 0.456 bits per heavy atom. The van der Waals surface area contributed by atoms with E-state index in [0.717, 1.165) is 50.8 Å². The Morgan fingerprint density at radius 2 is 1.00 bits per heavy atom. The quantitative estimate of drug-likeness (QED) is 0.170. The van der Waals surface area contributed by atoms with Crippen LogP contribution in [0.15, 0.2) is 192 Å². The number of hydrogen-bond donors (Lipinski definition) is 0.